The van der Waals surface area contributed by atoms with Crippen molar-refractivity contribution in [3.63, 3.8) is 0 Å². The summed E-state index contributed by atoms with van der Waals surface area (Å²) in [5.74, 6) is 1.77. The highest BCUT2D eigenvalue weighted by atomic mass is 15.4. The Kier molecular flexibility index (Phi) is 5.79. The van der Waals surface area contributed by atoms with Crippen LogP contribution in [-0.4, -0.2) is 22.9 Å². The average molecular weight is 341 g/mol. The van der Waals surface area contributed by atoms with E-state index in [0.717, 1.165) is 43.6 Å². The van der Waals surface area contributed by atoms with Crippen LogP contribution in [0.2, 0.25) is 0 Å². The molecule has 1 saturated heterocycles. The molecular weight excluding hydrogens is 312 g/mol. The van der Waals surface area contributed by atoms with Crippen molar-refractivity contribution in [3.8, 4) is 0 Å². The van der Waals surface area contributed by atoms with E-state index in [-0.39, 0.29) is 0 Å². The third-order valence-electron chi connectivity index (χ3n) is 4.82. The Hall–Kier alpha value is -2.24. The largest absolute Gasteiger partial charge is 0.403 e. The first kappa shape index (κ1) is 17.6. The number of rotatable bonds is 5. The minimum Gasteiger partial charge on any atom is -0.372 e. The number of benzene rings is 1. The summed E-state index contributed by atoms with van der Waals surface area (Å²) in [6.07, 6.45) is 5.28. The molecule has 3 rings (SSSR count). The van der Waals surface area contributed by atoms with Gasteiger partial charge in [0.2, 0.25) is 5.82 Å². The molecular formula is C19H29N6+. The zero-order valence-electron chi connectivity index (χ0n) is 15.6. The minimum absolute atomic E-state index is 0.788. The molecule has 1 aromatic heterocycles. The number of aryl methyl sites for hydroxylation is 2. The molecule has 0 amide bonds. The summed E-state index contributed by atoms with van der Waals surface area (Å²) in [4.78, 5) is 2.48. The molecule has 0 saturated carbocycles. The SMILES string of the molecule is CCn1nc(C)[n+](CC)c1N=Nc1ccc(N2CCCCCC2)cc1. The lowest BCUT2D eigenvalue weighted by atomic mass is 10.2. The van der Waals surface area contributed by atoms with Crippen LogP contribution < -0.4 is 9.47 Å². The van der Waals surface area contributed by atoms with Crippen LogP contribution in [0.15, 0.2) is 34.5 Å². The first-order valence-electron chi connectivity index (χ1n) is 9.47. The van der Waals surface area contributed by atoms with Crippen LogP contribution in [0.4, 0.5) is 17.3 Å². The van der Waals surface area contributed by atoms with Crippen molar-refractivity contribution in [3.05, 3.63) is 30.1 Å². The molecule has 6 heteroatoms. The van der Waals surface area contributed by atoms with E-state index in [1.807, 2.05) is 11.6 Å². The number of azo groups is 1. The number of nitrogens with zero attached hydrogens (tertiary/aromatic N) is 6. The van der Waals surface area contributed by atoms with Crippen LogP contribution in [0.3, 0.4) is 0 Å². The highest BCUT2D eigenvalue weighted by molar-refractivity contribution is 5.52. The molecule has 0 spiro atoms. The second kappa shape index (κ2) is 8.23. The van der Waals surface area contributed by atoms with Crippen LogP contribution in [-0.2, 0) is 13.1 Å². The number of anilines is 1. The maximum absolute atomic E-state index is 4.52. The molecule has 1 aliphatic rings. The maximum atomic E-state index is 4.52. The van der Waals surface area contributed by atoms with Crippen molar-refractivity contribution in [1.82, 2.24) is 9.78 Å². The molecule has 0 N–H and O–H groups in total. The number of hydrogen-bond acceptors (Lipinski definition) is 4. The lowest BCUT2D eigenvalue weighted by Gasteiger charge is -2.22. The van der Waals surface area contributed by atoms with Crippen molar-refractivity contribution in [2.24, 2.45) is 10.2 Å². The molecule has 0 radical (unpaired) electrons. The lowest BCUT2D eigenvalue weighted by Crippen LogP contribution is -2.34. The number of aromatic nitrogens is 3. The van der Waals surface area contributed by atoms with Gasteiger partial charge in [-0.15, -0.1) is 4.68 Å². The van der Waals surface area contributed by atoms with Gasteiger partial charge in [0.25, 0.3) is 0 Å². The molecule has 2 aromatic rings. The molecule has 0 unspecified atom stereocenters. The van der Waals surface area contributed by atoms with Crippen molar-refractivity contribution in [2.45, 2.75) is 59.5 Å². The number of hydrogen-bond donors (Lipinski definition) is 0. The third-order valence-corrected chi connectivity index (χ3v) is 4.82. The highest BCUT2D eigenvalue weighted by Gasteiger charge is 2.20. The van der Waals surface area contributed by atoms with Crippen LogP contribution >= 0.6 is 0 Å². The summed E-state index contributed by atoms with van der Waals surface area (Å²) in [5.41, 5.74) is 2.17. The van der Waals surface area contributed by atoms with Gasteiger partial charge < -0.3 is 4.90 Å². The standard InChI is InChI=1S/C19H29N6/c1-4-24-16(3)22-25(5-2)19(24)21-20-17-10-12-18(13-11-17)23-14-8-6-7-9-15-23/h10-13H,4-9,14-15H2,1-3H3/q+1. The molecule has 1 aromatic carbocycles. The predicted molar refractivity (Wildman–Crippen MR) is 99.8 cm³/mol. The van der Waals surface area contributed by atoms with E-state index in [2.05, 4.69) is 62.9 Å². The molecule has 1 fully saturated rings. The Morgan fingerprint density at radius 2 is 1.68 bits per heavy atom. The second-order valence-corrected chi connectivity index (χ2v) is 6.52. The van der Waals surface area contributed by atoms with Crippen LogP contribution in [0.1, 0.15) is 45.4 Å². The summed E-state index contributed by atoms with van der Waals surface area (Å²) in [6.45, 7) is 10.1. The van der Waals surface area contributed by atoms with E-state index >= 15 is 0 Å². The predicted octanol–water partition coefficient (Wildman–Crippen LogP) is 4.31. The molecule has 0 aliphatic carbocycles. The van der Waals surface area contributed by atoms with Crippen molar-refractivity contribution in [2.75, 3.05) is 18.0 Å². The van der Waals surface area contributed by atoms with Gasteiger partial charge in [0.1, 0.15) is 0 Å². The van der Waals surface area contributed by atoms with Crippen LogP contribution in [0, 0.1) is 6.92 Å². The zero-order chi connectivity index (χ0) is 17.6. The fraction of sp³-hybridized carbons (Fsp3) is 0.579. The second-order valence-electron chi connectivity index (χ2n) is 6.52. The van der Waals surface area contributed by atoms with E-state index in [1.54, 1.807) is 0 Å². The van der Waals surface area contributed by atoms with Gasteiger partial charge in [0.15, 0.2) is 0 Å². The summed E-state index contributed by atoms with van der Waals surface area (Å²) >= 11 is 0. The summed E-state index contributed by atoms with van der Waals surface area (Å²) in [5, 5.41) is 13.4. The third kappa shape index (κ3) is 4.06. The van der Waals surface area contributed by atoms with E-state index in [1.165, 1.54) is 31.4 Å². The van der Waals surface area contributed by atoms with E-state index in [4.69, 9.17) is 0 Å². The zero-order valence-corrected chi connectivity index (χ0v) is 15.6. The van der Waals surface area contributed by atoms with E-state index in [9.17, 15) is 0 Å². The molecule has 25 heavy (non-hydrogen) atoms. The molecule has 2 heterocycles. The first-order chi connectivity index (χ1) is 12.2. The highest BCUT2D eigenvalue weighted by Crippen LogP contribution is 2.23. The van der Waals surface area contributed by atoms with Gasteiger partial charge in [-0.05, 0) is 56.1 Å². The minimum atomic E-state index is 0.788. The summed E-state index contributed by atoms with van der Waals surface area (Å²) in [7, 11) is 0. The molecule has 134 valence electrons. The van der Waals surface area contributed by atoms with Gasteiger partial charge in [-0.2, -0.15) is 0 Å². The molecule has 0 atom stereocenters. The van der Waals surface area contributed by atoms with Gasteiger partial charge in [0, 0.05) is 30.8 Å². The normalized spacial score (nSPS) is 15.7. The Morgan fingerprint density at radius 3 is 2.28 bits per heavy atom. The fourth-order valence-corrected chi connectivity index (χ4v) is 3.41. The van der Waals surface area contributed by atoms with Crippen molar-refractivity contribution < 1.29 is 4.57 Å². The smallest absolute Gasteiger partial charge is 0.372 e. The van der Waals surface area contributed by atoms with E-state index < -0.39 is 0 Å². The van der Waals surface area contributed by atoms with Crippen LogP contribution in [0.25, 0.3) is 0 Å². The first-order valence-corrected chi connectivity index (χ1v) is 9.47. The van der Waals surface area contributed by atoms with Gasteiger partial charge >= 0.3 is 5.95 Å². The topological polar surface area (TPSA) is 49.7 Å². The van der Waals surface area contributed by atoms with Crippen LogP contribution in [0.5, 0.6) is 0 Å². The Morgan fingerprint density at radius 1 is 1.00 bits per heavy atom. The Balaban J connectivity index is 1.76. The molecule has 6 nitrogen and oxygen atoms in total. The fourth-order valence-electron chi connectivity index (χ4n) is 3.41. The summed E-state index contributed by atoms with van der Waals surface area (Å²) < 4.78 is 3.98. The quantitative estimate of drug-likeness (QED) is 0.601. The Bertz CT molecular complexity index is 708. The van der Waals surface area contributed by atoms with E-state index in [0.29, 0.717) is 0 Å². The van der Waals surface area contributed by atoms with Crippen molar-refractivity contribution in [1.29, 1.82) is 0 Å². The van der Waals surface area contributed by atoms with Gasteiger partial charge in [-0.3, -0.25) is 0 Å². The molecule has 1 aliphatic heterocycles. The van der Waals surface area contributed by atoms with Gasteiger partial charge in [0.05, 0.1) is 18.8 Å². The van der Waals surface area contributed by atoms with Gasteiger partial charge in [-0.25, -0.2) is 4.57 Å². The average Bonchev–Trinajstić information content (AvgIpc) is 2.81. The maximum Gasteiger partial charge on any atom is 0.403 e. The van der Waals surface area contributed by atoms with Crippen molar-refractivity contribution >= 4 is 17.3 Å². The van der Waals surface area contributed by atoms with Gasteiger partial charge in [-0.1, -0.05) is 18.0 Å². The summed E-state index contributed by atoms with van der Waals surface area (Å²) in [6, 6.07) is 8.44. The Labute approximate surface area is 150 Å². The lowest BCUT2D eigenvalue weighted by molar-refractivity contribution is -0.687. The monoisotopic (exact) mass is 341 g/mol. The molecule has 0 bridgehead atoms.